The second kappa shape index (κ2) is 7.93. The number of hydrogen-bond donors (Lipinski definition) is 1. The Labute approximate surface area is 159 Å². The Hall–Kier alpha value is -3.31. The predicted molar refractivity (Wildman–Crippen MR) is 99.7 cm³/mol. The molecule has 0 atom stereocenters. The van der Waals surface area contributed by atoms with Gasteiger partial charge in [0.25, 0.3) is 5.91 Å². The summed E-state index contributed by atoms with van der Waals surface area (Å²) in [5.74, 6) is -0.289. The summed E-state index contributed by atoms with van der Waals surface area (Å²) >= 11 is 1.24. The average Bonchev–Trinajstić information content (AvgIpc) is 3.37. The van der Waals surface area contributed by atoms with Crippen LogP contribution in [0.2, 0.25) is 0 Å². The van der Waals surface area contributed by atoms with E-state index < -0.39 is 18.5 Å². The molecule has 0 aliphatic carbocycles. The zero-order valence-electron chi connectivity index (χ0n) is 14.8. The Morgan fingerprint density at radius 2 is 2.19 bits per heavy atom. The Morgan fingerprint density at radius 3 is 2.89 bits per heavy atom. The summed E-state index contributed by atoms with van der Waals surface area (Å²) in [4.78, 5) is 24.3. The summed E-state index contributed by atoms with van der Waals surface area (Å²) in [5.41, 5.74) is 2.40. The van der Waals surface area contributed by atoms with Crippen LogP contribution in [0.5, 0.6) is 0 Å². The lowest BCUT2D eigenvalue weighted by molar-refractivity contribution is -0.119. The van der Waals surface area contributed by atoms with Gasteiger partial charge in [0.2, 0.25) is 0 Å². The number of rotatable bonds is 6. The number of carbonyl (C=O) groups is 2. The number of thiophene rings is 1. The molecule has 27 heavy (non-hydrogen) atoms. The molecule has 1 amide bonds. The molecule has 3 aromatic rings. The van der Waals surface area contributed by atoms with Gasteiger partial charge in [0, 0.05) is 11.4 Å². The van der Waals surface area contributed by atoms with Crippen LogP contribution in [-0.4, -0.2) is 23.1 Å². The van der Waals surface area contributed by atoms with E-state index in [9.17, 15) is 9.59 Å². The predicted octanol–water partition coefficient (Wildman–Crippen LogP) is 3.47. The standard InChI is InChI=1S/C19H17N3O4S/c1-12-8-16(13(2)22(12)10-15-4-3-6-25-15)19(24)26-11-17(23)21-18-14(9-20)5-7-27-18/h3-8H,10-11H2,1-2H3,(H,21,23). The van der Waals surface area contributed by atoms with Crippen LogP contribution in [0, 0.1) is 25.2 Å². The van der Waals surface area contributed by atoms with Gasteiger partial charge in [0.15, 0.2) is 6.61 Å². The molecule has 0 aromatic carbocycles. The molecule has 138 valence electrons. The second-order valence-electron chi connectivity index (χ2n) is 5.85. The van der Waals surface area contributed by atoms with E-state index in [0.29, 0.717) is 22.7 Å². The molecule has 0 aliphatic heterocycles. The number of nitrogens with zero attached hydrogens (tertiary/aromatic N) is 2. The van der Waals surface area contributed by atoms with Gasteiger partial charge in [-0.2, -0.15) is 5.26 Å². The van der Waals surface area contributed by atoms with Crippen molar-refractivity contribution >= 4 is 28.2 Å². The van der Waals surface area contributed by atoms with E-state index >= 15 is 0 Å². The molecule has 0 aliphatic rings. The van der Waals surface area contributed by atoms with Gasteiger partial charge in [0.05, 0.1) is 23.9 Å². The van der Waals surface area contributed by atoms with E-state index in [1.807, 2.05) is 36.6 Å². The van der Waals surface area contributed by atoms with Gasteiger partial charge in [-0.15, -0.1) is 11.3 Å². The van der Waals surface area contributed by atoms with Gasteiger partial charge in [-0.05, 0) is 43.5 Å². The maximum absolute atomic E-state index is 12.4. The van der Waals surface area contributed by atoms with Gasteiger partial charge in [-0.1, -0.05) is 0 Å². The van der Waals surface area contributed by atoms with Crippen LogP contribution in [0.15, 0.2) is 40.3 Å². The first kappa shape index (κ1) is 18.5. The first-order valence-corrected chi connectivity index (χ1v) is 9.01. The summed E-state index contributed by atoms with van der Waals surface area (Å²) in [6.07, 6.45) is 1.60. The number of amides is 1. The maximum atomic E-state index is 12.4. The van der Waals surface area contributed by atoms with Crippen molar-refractivity contribution in [3.05, 3.63) is 64.2 Å². The zero-order chi connectivity index (χ0) is 19.4. The summed E-state index contributed by atoms with van der Waals surface area (Å²) in [6, 6.07) is 8.99. The molecular weight excluding hydrogens is 366 g/mol. The normalized spacial score (nSPS) is 10.4. The molecule has 8 heteroatoms. The molecule has 7 nitrogen and oxygen atoms in total. The Morgan fingerprint density at radius 1 is 1.37 bits per heavy atom. The van der Waals surface area contributed by atoms with Crippen LogP contribution < -0.4 is 5.32 Å². The summed E-state index contributed by atoms with van der Waals surface area (Å²) in [5, 5.41) is 13.7. The molecule has 0 unspecified atom stereocenters. The van der Waals surface area contributed by atoms with Gasteiger partial charge >= 0.3 is 5.97 Å². The number of nitrogens with one attached hydrogen (secondary N) is 1. The minimum atomic E-state index is -0.573. The number of hydrogen-bond acceptors (Lipinski definition) is 6. The second-order valence-corrected chi connectivity index (χ2v) is 6.77. The molecule has 0 spiro atoms. The monoisotopic (exact) mass is 383 g/mol. The first-order chi connectivity index (χ1) is 13.0. The van der Waals surface area contributed by atoms with Crippen molar-refractivity contribution in [2.75, 3.05) is 11.9 Å². The van der Waals surface area contributed by atoms with E-state index in [2.05, 4.69) is 5.32 Å². The van der Waals surface area contributed by atoms with Gasteiger partial charge in [0.1, 0.15) is 16.8 Å². The molecule has 3 heterocycles. The molecule has 0 bridgehead atoms. The summed E-state index contributed by atoms with van der Waals surface area (Å²) in [6.45, 7) is 3.79. The minimum Gasteiger partial charge on any atom is -0.467 e. The van der Waals surface area contributed by atoms with Crippen LogP contribution in [0.3, 0.4) is 0 Å². The quantitative estimate of drug-likeness (QED) is 0.657. The van der Waals surface area contributed by atoms with Crippen LogP contribution in [-0.2, 0) is 16.1 Å². The lowest BCUT2D eigenvalue weighted by Crippen LogP contribution is -2.21. The van der Waals surface area contributed by atoms with Crippen molar-refractivity contribution < 1.29 is 18.7 Å². The van der Waals surface area contributed by atoms with E-state index in [0.717, 1.165) is 17.1 Å². The number of aryl methyl sites for hydroxylation is 1. The van der Waals surface area contributed by atoms with Crippen LogP contribution in [0.25, 0.3) is 0 Å². The van der Waals surface area contributed by atoms with Crippen LogP contribution in [0.1, 0.15) is 33.1 Å². The maximum Gasteiger partial charge on any atom is 0.340 e. The third-order valence-electron chi connectivity index (χ3n) is 4.06. The minimum absolute atomic E-state index is 0.376. The van der Waals surface area contributed by atoms with Crippen molar-refractivity contribution in [3.8, 4) is 6.07 Å². The van der Waals surface area contributed by atoms with Crippen molar-refractivity contribution in [1.29, 1.82) is 5.26 Å². The molecule has 1 N–H and O–H groups in total. The Kier molecular flexibility index (Phi) is 5.43. The fourth-order valence-electron chi connectivity index (χ4n) is 2.68. The van der Waals surface area contributed by atoms with Crippen molar-refractivity contribution in [2.45, 2.75) is 20.4 Å². The highest BCUT2D eigenvalue weighted by molar-refractivity contribution is 7.14. The van der Waals surface area contributed by atoms with Crippen molar-refractivity contribution in [2.24, 2.45) is 0 Å². The third-order valence-corrected chi connectivity index (χ3v) is 4.89. The highest BCUT2D eigenvalue weighted by atomic mass is 32.1. The number of carbonyl (C=O) groups excluding carboxylic acids is 2. The number of ether oxygens (including phenoxy) is 1. The van der Waals surface area contributed by atoms with Gasteiger partial charge < -0.3 is 19.0 Å². The number of esters is 1. The van der Waals surface area contributed by atoms with Crippen LogP contribution in [0.4, 0.5) is 5.00 Å². The number of aromatic nitrogens is 1. The van der Waals surface area contributed by atoms with E-state index in [-0.39, 0.29) is 0 Å². The molecule has 0 fully saturated rings. The molecule has 0 saturated carbocycles. The van der Waals surface area contributed by atoms with Crippen LogP contribution >= 0.6 is 11.3 Å². The average molecular weight is 383 g/mol. The highest BCUT2D eigenvalue weighted by Gasteiger charge is 2.19. The molecule has 3 aromatic heterocycles. The Bertz CT molecular complexity index is 1010. The lowest BCUT2D eigenvalue weighted by Gasteiger charge is -2.08. The lowest BCUT2D eigenvalue weighted by atomic mass is 10.2. The molecular formula is C19H17N3O4S. The molecule has 3 rings (SSSR count). The van der Waals surface area contributed by atoms with Crippen molar-refractivity contribution in [1.82, 2.24) is 4.57 Å². The number of anilines is 1. The largest absolute Gasteiger partial charge is 0.467 e. The fraction of sp³-hybridized carbons (Fsp3) is 0.211. The van der Waals surface area contributed by atoms with Gasteiger partial charge in [-0.25, -0.2) is 4.79 Å². The molecule has 0 saturated heterocycles. The highest BCUT2D eigenvalue weighted by Crippen LogP contribution is 2.22. The first-order valence-electron chi connectivity index (χ1n) is 8.13. The van der Waals surface area contributed by atoms with Gasteiger partial charge in [-0.3, -0.25) is 4.79 Å². The third kappa shape index (κ3) is 4.10. The van der Waals surface area contributed by atoms with E-state index in [4.69, 9.17) is 14.4 Å². The Balaban J connectivity index is 1.63. The summed E-state index contributed by atoms with van der Waals surface area (Å²) in [7, 11) is 0. The summed E-state index contributed by atoms with van der Waals surface area (Å²) < 4.78 is 12.4. The smallest absolute Gasteiger partial charge is 0.340 e. The topological polar surface area (TPSA) is 97.3 Å². The zero-order valence-corrected chi connectivity index (χ0v) is 15.6. The SMILES string of the molecule is Cc1cc(C(=O)OCC(=O)Nc2sccc2C#N)c(C)n1Cc1ccco1. The fourth-order valence-corrected chi connectivity index (χ4v) is 3.43. The molecule has 0 radical (unpaired) electrons. The van der Waals surface area contributed by atoms with E-state index in [1.165, 1.54) is 11.3 Å². The number of furan rings is 1. The van der Waals surface area contributed by atoms with E-state index in [1.54, 1.807) is 23.8 Å². The van der Waals surface area contributed by atoms with Crippen molar-refractivity contribution in [3.63, 3.8) is 0 Å². The number of nitriles is 1.